The predicted molar refractivity (Wildman–Crippen MR) is 80.4 cm³/mol. The van der Waals surface area contributed by atoms with E-state index >= 15 is 0 Å². The Morgan fingerprint density at radius 3 is 2.75 bits per heavy atom. The van der Waals surface area contributed by atoms with Crippen LogP contribution in [0.25, 0.3) is 0 Å². The van der Waals surface area contributed by atoms with E-state index in [1.54, 1.807) is 6.92 Å². The molecule has 1 saturated heterocycles. The Balaban J connectivity index is 1.91. The normalized spacial score (nSPS) is 22.6. The molecule has 3 rings (SSSR count). The van der Waals surface area contributed by atoms with Crippen molar-refractivity contribution in [2.45, 2.75) is 20.3 Å². The van der Waals surface area contributed by atoms with Gasteiger partial charge < -0.3 is 14.5 Å². The number of hydrogen-bond donors (Lipinski definition) is 0. The van der Waals surface area contributed by atoms with Crippen molar-refractivity contribution in [2.75, 3.05) is 42.6 Å². The van der Waals surface area contributed by atoms with Gasteiger partial charge in [-0.05, 0) is 36.1 Å². The van der Waals surface area contributed by atoms with Gasteiger partial charge in [-0.2, -0.15) is 0 Å². The number of rotatable bonds is 1. The molecule has 1 unspecified atom stereocenters. The number of carbonyl (C=O) groups is 1. The van der Waals surface area contributed by atoms with Crippen LogP contribution in [0.2, 0.25) is 0 Å². The maximum Gasteiger partial charge on any atom is 0.223 e. The van der Waals surface area contributed by atoms with Crippen molar-refractivity contribution in [3.8, 4) is 0 Å². The van der Waals surface area contributed by atoms with E-state index in [4.69, 9.17) is 4.74 Å². The summed E-state index contributed by atoms with van der Waals surface area (Å²) in [7, 11) is 0. The molecule has 1 aromatic carbocycles. The van der Waals surface area contributed by atoms with E-state index in [0.29, 0.717) is 5.92 Å². The van der Waals surface area contributed by atoms with Gasteiger partial charge in [0.1, 0.15) is 0 Å². The van der Waals surface area contributed by atoms with Crippen LogP contribution in [0.1, 0.15) is 19.4 Å². The number of morpholine rings is 1. The molecule has 4 nitrogen and oxygen atoms in total. The largest absolute Gasteiger partial charge is 0.378 e. The number of fused-ring (bicyclic) bond motifs is 1. The number of anilines is 2. The molecule has 108 valence electrons. The summed E-state index contributed by atoms with van der Waals surface area (Å²) < 4.78 is 5.40. The third-order valence-corrected chi connectivity index (χ3v) is 4.17. The molecular weight excluding hydrogens is 252 g/mol. The number of carbonyl (C=O) groups excluding carboxylic acids is 1. The average molecular weight is 274 g/mol. The predicted octanol–water partition coefficient (Wildman–Crippen LogP) is 2.07. The second-order valence-corrected chi connectivity index (χ2v) is 5.85. The van der Waals surface area contributed by atoms with E-state index in [-0.39, 0.29) is 5.91 Å². The minimum absolute atomic E-state index is 0.136. The Labute approximate surface area is 120 Å². The Kier molecular flexibility index (Phi) is 3.66. The van der Waals surface area contributed by atoms with Crippen LogP contribution in [0.15, 0.2) is 18.2 Å². The van der Waals surface area contributed by atoms with Crippen molar-refractivity contribution >= 4 is 17.3 Å². The van der Waals surface area contributed by atoms with Crippen LogP contribution >= 0.6 is 0 Å². The van der Waals surface area contributed by atoms with E-state index in [2.05, 4.69) is 30.0 Å². The van der Waals surface area contributed by atoms with Gasteiger partial charge in [0.2, 0.25) is 5.91 Å². The number of hydrogen-bond acceptors (Lipinski definition) is 3. The van der Waals surface area contributed by atoms with E-state index in [1.165, 1.54) is 11.3 Å². The van der Waals surface area contributed by atoms with Crippen molar-refractivity contribution < 1.29 is 9.53 Å². The zero-order valence-electron chi connectivity index (χ0n) is 12.3. The molecule has 2 aliphatic rings. The van der Waals surface area contributed by atoms with Gasteiger partial charge in [-0.1, -0.05) is 6.92 Å². The van der Waals surface area contributed by atoms with Gasteiger partial charge in [-0.15, -0.1) is 0 Å². The summed E-state index contributed by atoms with van der Waals surface area (Å²) in [6.07, 6.45) is 1.05. The van der Waals surface area contributed by atoms with Crippen LogP contribution in [-0.4, -0.2) is 38.8 Å². The molecule has 0 aromatic heterocycles. The van der Waals surface area contributed by atoms with Crippen LogP contribution in [0.4, 0.5) is 11.4 Å². The summed E-state index contributed by atoms with van der Waals surface area (Å²) in [5, 5.41) is 0. The smallest absolute Gasteiger partial charge is 0.223 e. The molecule has 1 fully saturated rings. The molecule has 2 aliphatic heterocycles. The van der Waals surface area contributed by atoms with Gasteiger partial charge in [0.25, 0.3) is 0 Å². The third-order valence-electron chi connectivity index (χ3n) is 4.17. The number of ether oxygens (including phenoxy) is 1. The van der Waals surface area contributed by atoms with Crippen molar-refractivity contribution in [3.63, 3.8) is 0 Å². The highest BCUT2D eigenvalue weighted by Gasteiger charge is 2.25. The molecule has 20 heavy (non-hydrogen) atoms. The molecule has 0 saturated carbocycles. The minimum atomic E-state index is 0.136. The molecular formula is C16H22N2O2. The molecule has 4 heteroatoms. The molecule has 0 spiro atoms. The third kappa shape index (κ3) is 2.52. The summed E-state index contributed by atoms with van der Waals surface area (Å²) >= 11 is 0. The Hall–Kier alpha value is -1.55. The quantitative estimate of drug-likeness (QED) is 0.786. The Morgan fingerprint density at radius 2 is 2.05 bits per heavy atom. The van der Waals surface area contributed by atoms with Crippen molar-refractivity contribution in [1.82, 2.24) is 0 Å². The maximum absolute atomic E-state index is 11.8. The summed E-state index contributed by atoms with van der Waals surface area (Å²) in [6, 6.07) is 6.50. The van der Waals surface area contributed by atoms with Gasteiger partial charge in [0.15, 0.2) is 0 Å². The highest BCUT2D eigenvalue weighted by Crippen LogP contribution is 2.33. The van der Waals surface area contributed by atoms with Gasteiger partial charge in [-0.25, -0.2) is 0 Å². The van der Waals surface area contributed by atoms with Crippen molar-refractivity contribution in [3.05, 3.63) is 23.8 Å². The first-order valence-electron chi connectivity index (χ1n) is 7.39. The summed E-state index contributed by atoms with van der Waals surface area (Å²) in [5.41, 5.74) is 3.64. The lowest BCUT2D eigenvalue weighted by molar-refractivity contribution is -0.116. The molecule has 0 radical (unpaired) electrons. The molecule has 0 bridgehead atoms. The summed E-state index contributed by atoms with van der Waals surface area (Å²) in [4.78, 5) is 16.1. The number of nitrogens with zero attached hydrogens (tertiary/aromatic N) is 2. The van der Waals surface area contributed by atoms with E-state index in [9.17, 15) is 4.79 Å². The highest BCUT2D eigenvalue weighted by atomic mass is 16.5. The topological polar surface area (TPSA) is 32.8 Å². The van der Waals surface area contributed by atoms with Gasteiger partial charge in [0.05, 0.1) is 13.2 Å². The fraction of sp³-hybridized carbons (Fsp3) is 0.562. The van der Waals surface area contributed by atoms with Crippen LogP contribution in [-0.2, 0) is 16.0 Å². The highest BCUT2D eigenvalue weighted by molar-refractivity contribution is 5.93. The lowest BCUT2D eigenvalue weighted by Crippen LogP contribution is -2.38. The number of benzene rings is 1. The molecule has 0 aliphatic carbocycles. The van der Waals surface area contributed by atoms with Gasteiger partial charge in [-0.3, -0.25) is 4.79 Å². The molecule has 1 amide bonds. The first kappa shape index (κ1) is 13.4. The maximum atomic E-state index is 11.8. The van der Waals surface area contributed by atoms with E-state index in [1.807, 2.05) is 4.90 Å². The monoisotopic (exact) mass is 274 g/mol. The average Bonchev–Trinajstić information content (AvgIpc) is 2.46. The Bertz CT molecular complexity index is 509. The lowest BCUT2D eigenvalue weighted by Gasteiger charge is -2.35. The SMILES string of the molecule is CC(=O)N1CC(C)Cc2cc(N3CCOCC3)ccc21. The molecule has 0 N–H and O–H groups in total. The molecule has 2 heterocycles. The summed E-state index contributed by atoms with van der Waals surface area (Å²) in [6.45, 7) is 8.19. The summed E-state index contributed by atoms with van der Waals surface area (Å²) in [5.74, 6) is 0.656. The zero-order valence-corrected chi connectivity index (χ0v) is 12.3. The van der Waals surface area contributed by atoms with E-state index < -0.39 is 0 Å². The van der Waals surface area contributed by atoms with Crippen LogP contribution < -0.4 is 9.80 Å². The van der Waals surface area contributed by atoms with Gasteiger partial charge >= 0.3 is 0 Å². The number of amides is 1. The fourth-order valence-electron chi connectivity index (χ4n) is 3.17. The van der Waals surface area contributed by atoms with E-state index in [0.717, 1.165) is 45.0 Å². The minimum Gasteiger partial charge on any atom is -0.378 e. The fourth-order valence-corrected chi connectivity index (χ4v) is 3.17. The van der Waals surface area contributed by atoms with Crippen LogP contribution in [0.5, 0.6) is 0 Å². The van der Waals surface area contributed by atoms with Crippen molar-refractivity contribution in [1.29, 1.82) is 0 Å². The second kappa shape index (κ2) is 5.44. The standard InChI is InChI=1S/C16H22N2O2/c1-12-9-14-10-15(17-5-7-20-8-6-17)3-4-16(14)18(11-12)13(2)19/h3-4,10,12H,5-9,11H2,1-2H3. The lowest BCUT2D eigenvalue weighted by atomic mass is 9.93. The Morgan fingerprint density at radius 1 is 1.30 bits per heavy atom. The molecule has 1 aromatic rings. The van der Waals surface area contributed by atoms with Crippen molar-refractivity contribution in [2.24, 2.45) is 5.92 Å². The zero-order chi connectivity index (χ0) is 14.1. The second-order valence-electron chi connectivity index (χ2n) is 5.85. The van der Waals surface area contributed by atoms with Crippen LogP contribution in [0, 0.1) is 5.92 Å². The molecule has 1 atom stereocenters. The first-order chi connectivity index (χ1) is 9.65. The van der Waals surface area contributed by atoms with Gasteiger partial charge in [0, 0.05) is 37.9 Å². The first-order valence-corrected chi connectivity index (χ1v) is 7.39. The van der Waals surface area contributed by atoms with Crippen LogP contribution in [0.3, 0.4) is 0 Å².